The van der Waals surface area contributed by atoms with Gasteiger partial charge in [-0.3, -0.25) is 20.0 Å². The Kier molecular flexibility index (Phi) is 5.48. The topological polar surface area (TPSA) is 94.8 Å². The number of hydrogen-bond acceptors (Lipinski definition) is 5. The predicted molar refractivity (Wildman–Crippen MR) is 51.3 cm³/mol. The number of rotatable bonds is 3. The molecule has 0 spiro atoms. The molecule has 0 radical (unpaired) electrons. The molecule has 0 unspecified atom stereocenters. The maximum Gasteiger partial charge on any atom is 0.304 e. The second-order valence-electron chi connectivity index (χ2n) is 2.49. The van der Waals surface area contributed by atoms with E-state index in [1.165, 1.54) is 14.2 Å². The van der Waals surface area contributed by atoms with Crippen LogP contribution in [0.1, 0.15) is 13.3 Å². The summed E-state index contributed by atoms with van der Waals surface area (Å²) in [5.41, 5.74) is 1.83. The molecule has 0 aliphatic heterocycles. The first kappa shape index (κ1) is 12.9. The predicted octanol–water partition coefficient (Wildman–Crippen LogP) is -0.588. The number of hydrogen-bond donors (Lipinski definition) is 1. The first-order chi connectivity index (χ1) is 7.06. The molecule has 0 heterocycles. The number of nitriles is 1. The van der Waals surface area contributed by atoms with Gasteiger partial charge in [-0.1, -0.05) is 12.1 Å². The highest BCUT2D eigenvalue weighted by Gasteiger charge is 2.18. The number of hydrazine groups is 1. The van der Waals surface area contributed by atoms with Gasteiger partial charge in [-0.15, -0.1) is 0 Å². The third kappa shape index (κ3) is 4.08. The van der Waals surface area contributed by atoms with E-state index in [2.05, 4.69) is 15.4 Å². The van der Waals surface area contributed by atoms with Crippen LogP contribution in [0.5, 0.6) is 0 Å². The second-order valence-corrected chi connectivity index (χ2v) is 2.49. The Morgan fingerprint density at radius 3 is 2.60 bits per heavy atom. The smallest absolute Gasteiger partial charge is 0.304 e. The van der Waals surface area contributed by atoms with Crippen molar-refractivity contribution in [2.24, 2.45) is 5.16 Å². The molecule has 0 aromatic rings. The van der Waals surface area contributed by atoms with Crippen LogP contribution < -0.4 is 5.43 Å². The Morgan fingerprint density at radius 2 is 2.20 bits per heavy atom. The van der Waals surface area contributed by atoms with Crippen LogP contribution in [-0.2, 0) is 14.4 Å². The molecule has 15 heavy (non-hydrogen) atoms. The summed E-state index contributed by atoms with van der Waals surface area (Å²) < 4.78 is 0. The summed E-state index contributed by atoms with van der Waals surface area (Å²) >= 11 is 0. The van der Waals surface area contributed by atoms with Crippen molar-refractivity contribution in [3.8, 4) is 6.07 Å². The summed E-state index contributed by atoms with van der Waals surface area (Å²) in [5.74, 6) is -1.07. The van der Waals surface area contributed by atoms with Crippen molar-refractivity contribution < 1.29 is 14.4 Å². The molecule has 82 valence electrons. The van der Waals surface area contributed by atoms with Crippen molar-refractivity contribution in [3.63, 3.8) is 0 Å². The summed E-state index contributed by atoms with van der Waals surface area (Å²) in [7, 11) is 2.54. The summed E-state index contributed by atoms with van der Waals surface area (Å²) in [5, 5.41) is 12.6. The van der Waals surface area contributed by atoms with Gasteiger partial charge in [0.15, 0.2) is 0 Å². The number of nitrogens with zero attached hydrogens (tertiary/aromatic N) is 3. The zero-order valence-corrected chi connectivity index (χ0v) is 8.77. The highest BCUT2D eigenvalue weighted by molar-refractivity contribution is 6.44. The minimum absolute atomic E-state index is 0.237. The van der Waals surface area contributed by atoms with Gasteiger partial charge in [-0.2, -0.15) is 5.26 Å². The zero-order chi connectivity index (χ0) is 11.8. The van der Waals surface area contributed by atoms with Crippen molar-refractivity contribution in [1.82, 2.24) is 10.4 Å². The van der Waals surface area contributed by atoms with Gasteiger partial charge in [0.05, 0.1) is 0 Å². The quantitative estimate of drug-likeness (QED) is 0.499. The Hall–Kier alpha value is -2.10. The number of carbonyl (C=O) groups is 2. The lowest BCUT2D eigenvalue weighted by Gasteiger charge is -2.16. The molecule has 0 bridgehead atoms. The van der Waals surface area contributed by atoms with Crippen LogP contribution in [0.25, 0.3) is 0 Å². The van der Waals surface area contributed by atoms with Crippen LogP contribution in [0.4, 0.5) is 0 Å². The third-order valence-electron chi connectivity index (χ3n) is 1.41. The summed E-state index contributed by atoms with van der Waals surface area (Å²) in [6.07, 6.45) is 0.237. The Labute approximate surface area is 87.3 Å². The number of amides is 2. The van der Waals surface area contributed by atoms with Crippen LogP contribution in [-0.4, -0.2) is 36.7 Å². The third-order valence-corrected chi connectivity index (χ3v) is 1.41. The average molecular weight is 212 g/mol. The molecule has 0 aromatic heterocycles. The fourth-order valence-corrected chi connectivity index (χ4v) is 0.674. The normalized spacial score (nSPS) is 10.1. The Balaban J connectivity index is 4.51. The molecule has 7 heteroatoms. The molecule has 7 nitrogen and oxygen atoms in total. The summed E-state index contributed by atoms with van der Waals surface area (Å²) in [4.78, 5) is 26.6. The van der Waals surface area contributed by atoms with Gasteiger partial charge in [0.25, 0.3) is 0 Å². The van der Waals surface area contributed by atoms with Gasteiger partial charge in [0.2, 0.25) is 11.6 Å². The molecule has 0 fully saturated rings. The lowest BCUT2D eigenvalue weighted by molar-refractivity contribution is -0.135. The van der Waals surface area contributed by atoms with E-state index in [0.717, 1.165) is 5.01 Å². The van der Waals surface area contributed by atoms with Crippen molar-refractivity contribution in [3.05, 3.63) is 0 Å². The van der Waals surface area contributed by atoms with Gasteiger partial charge < -0.3 is 4.84 Å². The highest BCUT2D eigenvalue weighted by atomic mass is 16.6. The summed E-state index contributed by atoms with van der Waals surface area (Å²) in [6, 6.07) is 1.56. The fourth-order valence-electron chi connectivity index (χ4n) is 0.674. The molecule has 0 rings (SSSR count). The van der Waals surface area contributed by atoms with Crippen LogP contribution in [0.2, 0.25) is 0 Å². The maximum absolute atomic E-state index is 11.4. The SMILES string of the molecule is CCC(=O)NN(C)C(=O)/C(C#N)=N/OC. The standard InChI is InChI=1S/C8H12N4O3/c1-4-7(13)10-12(2)8(14)6(5-9)11-15-3/h4H2,1-3H3,(H,10,13)/b11-6+. The molecule has 0 aromatic carbocycles. The van der Waals surface area contributed by atoms with E-state index in [1.807, 2.05) is 0 Å². The van der Waals surface area contributed by atoms with Crippen molar-refractivity contribution in [1.29, 1.82) is 5.26 Å². The average Bonchev–Trinajstić information content (AvgIpc) is 2.24. The van der Waals surface area contributed by atoms with E-state index < -0.39 is 11.6 Å². The Bertz CT molecular complexity index is 318. The Morgan fingerprint density at radius 1 is 1.60 bits per heavy atom. The van der Waals surface area contributed by atoms with Crippen LogP contribution in [0, 0.1) is 11.3 Å². The maximum atomic E-state index is 11.4. The molecule has 1 N–H and O–H groups in total. The number of carbonyl (C=O) groups excluding carboxylic acids is 2. The van der Waals surface area contributed by atoms with Crippen molar-refractivity contribution >= 4 is 17.5 Å². The van der Waals surface area contributed by atoms with Crippen LogP contribution in [0.15, 0.2) is 5.16 Å². The largest absolute Gasteiger partial charge is 0.398 e. The minimum Gasteiger partial charge on any atom is -0.398 e. The van der Waals surface area contributed by atoms with Gasteiger partial charge in [-0.25, -0.2) is 0 Å². The highest BCUT2D eigenvalue weighted by Crippen LogP contribution is 1.87. The minimum atomic E-state index is -0.735. The van der Waals surface area contributed by atoms with Crippen LogP contribution in [0.3, 0.4) is 0 Å². The first-order valence-corrected chi connectivity index (χ1v) is 4.15. The van der Waals surface area contributed by atoms with Gasteiger partial charge in [0, 0.05) is 13.5 Å². The van der Waals surface area contributed by atoms with Gasteiger partial charge in [-0.05, 0) is 0 Å². The second kappa shape index (κ2) is 6.37. The van der Waals surface area contributed by atoms with Crippen molar-refractivity contribution in [2.45, 2.75) is 13.3 Å². The molecular weight excluding hydrogens is 200 g/mol. The molecule has 0 saturated carbocycles. The first-order valence-electron chi connectivity index (χ1n) is 4.15. The van der Waals surface area contributed by atoms with E-state index >= 15 is 0 Å². The molecule has 0 saturated heterocycles. The summed E-state index contributed by atoms with van der Waals surface area (Å²) in [6.45, 7) is 1.64. The van der Waals surface area contributed by atoms with Gasteiger partial charge in [0.1, 0.15) is 13.2 Å². The van der Waals surface area contributed by atoms with E-state index in [4.69, 9.17) is 5.26 Å². The fraction of sp³-hybridized carbons (Fsp3) is 0.500. The molecule has 0 atom stereocenters. The zero-order valence-electron chi connectivity index (χ0n) is 8.77. The lowest BCUT2D eigenvalue weighted by Crippen LogP contribution is -2.45. The molecule has 0 aliphatic carbocycles. The lowest BCUT2D eigenvalue weighted by atomic mass is 10.4. The van der Waals surface area contributed by atoms with Gasteiger partial charge >= 0.3 is 5.91 Å². The molecular formula is C8H12N4O3. The number of oxime groups is 1. The molecule has 2 amide bonds. The molecule has 0 aliphatic rings. The van der Waals surface area contributed by atoms with E-state index in [-0.39, 0.29) is 12.3 Å². The monoisotopic (exact) mass is 212 g/mol. The van der Waals surface area contributed by atoms with Crippen LogP contribution >= 0.6 is 0 Å². The van der Waals surface area contributed by atoms with E-state index in [0.29, 0.717) is 0 Å². The van der Waals surface area contributed by atoms with Crippen molar-refractivity contribution in [2.75, 3.05) is 14.2 Å². The number of nitrogens with one attached hydrogen (secondary N) is 1. The van der Waals surface area contributed by atoms with E-state index in [9.17, 15) is 9.59 Å². The van der Waals surface area contributed by atoms with E-state index in [1.54, 1.807) is 13.0 Å².